The molecule has 0 saturated heterocycles. The minimum Gasteiger partial charge on any atom is -0.155 e. The highest BCUT2D eigenvalue weighted by molar-refractivity contribution is 5.45. The van der Waals surface area contributed by atoms with Crippen molar-refractivity contribution in [1.82, 2.24) is 10.2 Å². The molecule has 0 aliphatic rings. The third-order valence-electron chi connectivity index (χ3n) is 1.34. The smallest absolute Gasteiger partial charge is 0.0880 e. The Balaban J connectivity index is 3.19. The molecule has 0 aliphatic heterocycles. The van der Waals surface area contributed by atoms with Gasteiger partial charge in [0.15, 0.2) is 0 Å². The normalized spacial score (nSPS) is 9.40. The fourth-order valence-corrected chi connectivity index (χ4v) is 0.830. The van der Waals surface area contributed by atoms with Crippen molar-refractivity contribution in [3.63, 3.8) is 0 Å². The summed E-state index contributed by atoms with van der Waals surface area (Å²) in [6, 6.07) is 1.99. The molecule has 0 bridgehead atoms. The van der Waals surface area contributed by atoms with E-state index in [0.717, 1.165) is 17.0 Å². The van der Waals surface area contributed by atoms with Crippen molar-refractivity contribution in [2.24, 2.45) is 0 Å². The highest BCUT2D eigenvalue weighted by Gasteiger charge is 1.94. The van der Waals surface area contributed by atoms with E-state index in [1.165, 1.54) is 0 Å². The highest BCUT2D eigenvalue weighted by Crippen LogP contribution is 2.04. The maximum atomic E-state index is 3.93. The van der Waals surface area contributed by atoms with Crippen LogP contribution in [0, 0.1) is 13.8 Å². The molecule has 52 valence electrons. The fraction of sp³-hybridized carbons (Fsp3) is 0.250. The highest BCUT2D eigenvalue weighted by atomic mass is 15.1. The van der Waals surface area contributed by atoms with Crippen molar-refractivity contribution in [2.75, 3.05) is 0 Å². The summed E-state index contributed by atoms with van der Waals surface area (Å²) in [4.78, 5) is 0. The van der Waals surface area contributed by atoms with E-state index in [9.17, 15) is 0 Å². The monoisotopic (exact) mass is 134 g/mol. The molecule has 2 nitrogen and oxygen atoms in total. The van der Waals surface area contributed by atoms with E-state index in [-0.39, 0.29) is 0 Å². The first-order valence-electron chi connectivity index (χ1n) is 3.17. The second-order valence-corrected chi connectivity index (χ2v) is 2.26. The van der Waals surface area contributed by atoms with Crippen LogP contribution in [0.4, 0.5) is 0 Å². The summed E-state index contributed by atoms with van der Waals surface area (Å²) in [5.74, 6) is 0. The molecule has 10 heavy (non-hydrogen) atoms. The predicted molar refractivity (Wildman–Crippen MR) is 41.6 cm³/mol. The lowest BCUT2D eigenvalue weighted by Crippen LogP contribution is -1.92. The van der Waals surface area contributed by atoms with Crippen molar-refractivity contribution in [3.8, 4) is 0 Å². The number of nitrogens with zero attached hydrogens (tertiary/aromatic N) is 2. The predicted octanol–water partition coefficient (Wildman–Crippen LogP) is 1.74. The van der Waals surface area contributed by atoms with E-state index >= 15 is 0 Å². The van der Waals surface area contributed by atoms with Gasteiger partial charge in [0.05, 0.1) is 11.4 Å². The molecule has 2 heteroatoms. The number of rotatable bonds is 1. The SMILES string of the molecule is C=Cc1nnc(C)cc1C. The number of aromatic nitrogens is 2. The zero-order valence-electron chi connectivity index (χ0n) is 6.26. The quantitative estimate of drug-likeness (QED) is 0.584. The van der Waals surface area contributed by atoms with Crippen LogP contribution < -0.4 is 0 Å². The van der Waals surface area contributed by atoms with Gasteiger partial charge in [-0.2, -0.15) is 10.2 Å². The third-order valence-corrected chi connectivity index (χ3v) is 1.34. The number of hydrogen-bond donors (Lipinski definition) is 0. The summed E-state index contributed by atoms with van der Waals surface area (Å²) in [5, 5.41) is 7.82. The molecule has 1 aromatic heterocycles. The zero-order chi connectivity index (χ0) is 7.56. The van der Waals surface area contributed by atoms with E-state index in [1.54, 1.807) is 6.08 Å². The summed E-state index contributed by atoms with van der Waals surface area (Å²) in [6.45, 7) is 7.54. The van der Waals surface area contributed by atoms with Gasteiger partial charge in [-0.15, -0.1) is 0 Å². The maximum absolute atomic E-state index is 3.93. The molecule has 0 amide bonds. The van der Waals surface area contributed by atoms with Gasteiger partial charge in [0, 0.05) is 0 Å². The molecule has 0 saturated carbocycles. The fourth-order valence-electron chi connectivity index (χ4n) is 0.830. The zero-order valence-corrected chi connectivity index (χ0v) is 6.26. The van der Waals surface area contributed by atoms with Gasteiger partial charge >= 0.3 is 0 Å². The van der Waals surface area contributed by atoms with Crippen molar-refractivity contribution in [1.29, 1.82) is 0 Å². The Hall–Kier alpha value is -1.18. The van der Waals surface area contributed by atoms with Crippen LogP contribution in [-0.4, -0.2) is 10.2 Å². The molecule has 0 unspecified atom stereocenters. The summed E-state index contributed by atoms with van der Waals surface area (Å²) in [6.07, 6.45) is 1.71. The first-order chi connectivity index (χ1) is 4.74. The van der Waals surface area contributed by atoms with E-state index in [2.05, 4.69) is 16.8 Å². The van der Waals surface area contributed by atoms with Crippen LogP contribution >= 0.6 is 0 Å². The van der Waals surface area contributed by atoms with E-state index in [1.807, 2.05) is 19.9 Å². The van der Waals surface area contributed by atoms with Gasteiger partial charge in [0.25, 0.3) is 0 Å². The molecule has 1 heterocycles. The van der Waals surface area contributed by atoms with E-state index in [0.29, 0.717) is 0 Å². The molecule has 0 radical (unpaired) electrons. The summed E-state index contributed by atoms with van der Waals surface area (Å²) < 4.78 is 0. The largest absolute Gasteiger partial charge is 0.155 e. The van der Waals surface area contributed by atoms with Crippen LogP contribution in [0.15, 0.2) is 12.6 Å². The Bertz CT molecular complexity index is 253. The van der Waals surface area contributed by atoms with Gasteiger partial charge in [-0.25, -0.2) is 0 Å². The van der Waals surface area contributed by atoms with Crippen molar-refractivity contribution in [3.05, 3.63) is 29.6 Å². The lowest BCUT2D eigenvalue weighted by molar-refractivity contribution is 0.955. The van der Waals surface area contributed by atoms with Gasteiger partial charge in [-0.3, -0.25) is 0 Å². The Kier molecular flexibility index (Phi) is 1.81. The van der Waals surface area contributed by atoms with Gasteiger partial charge in [-0.1, -0.05) is 6.58 Å². The van der Waals surface area contributed by atoms with Crippen LogP contribution in [-0.2, 0) is 0 Å². The molecule has 1 rings (SSSR count). The lowest BCUT2D eigenvalue weighted by atomic mass is 10.2. The molecule has 0 N–H and O–H groups in total. The van der Waals surface area contributed by atoms with Gasteiger partial charge in [-0.05, 0) is 31.6 Å². The number of hydrogen-bond acceptors (Lipinski definition) is 2. The van der Waals surface area contributed by atoms with Crippen LogP contribution in [0.25, 0.3) is 6.08 Å². The van der Waals surface area contributed by atoms with Gasteiger partial charge in [0.2, 0.25) is 0 Å². The first-order valence-corrected chi connectivity index (χ1v) is 3.17. The average molecular weight is 134 g/mol. The molecular formula is C8H10N2. The Morgan fingerprint density at radius 2 is 2.10 bits per heavy atom. The van der Waals surface area contributed by atoms with Crippen LogP contribution in [0.1, 0.15) is 17.0 Å². The Labute approximate surface area is 60.6 Å². The Morgan fingerprint density at radius 3 is 2.60 bits per heavy atom. The molecule has 1 aromatic rings. The van der Waals surface area contributed by atoms with E-state index < -0.39 is 0 Å². The molecule has 0 aliphatic carbocycles. The second kappa shape index (κ2) is 2.60. The van der Waals surface area contributed by atoms with Crippen molar-refractivity contribution < 1.29 is 0 Å². The molecular weight excluding hydrogens is 124 g/mol. The van der Waals surface area contributed by atoms with Crippen LogP contribution in [0.3, 0.4) is 0 Å². The van der Waals surface area contributed by atoms with Gasteiger partial charge in [0.1, 0.15) is 0 Å². The average Bonchev–Trinajstić information content (AvgIpc) is 1.88. The summed E-state index contributed by atoms with van der Waals surface area (Å²) >= 11 is 0. The molecule has 0 atom stereocenters. The van der Waals surface area contributed by atoms with E-state index in [4.69, 9.17) is 0 Å². The number of aryl methyl sites for hydroxylation is 2. The Morgan fingerprint density at radius 1 is 1.40 bits per heavy atom. The summed E-state index contributed by atoms with van der Waals surface area (Å²) in [5.41, 5.74) is 2.94. The minimum absolute atomic E-state index is 0.866. The van der Waals surface area contributed by atoms with Crippen LogP contribution in [0.2, 0.25) is 0 Å². The first kappa shape index (κ1) is 6.93. The minimum atomic E-state index is 0.866. The van der Waals surface area contributed by atoms with Crippen LogP contribution in [0.5, 0.6) is 0 Å². The van der Waals surface area contributed by atoms with Crippen molar-refractivity contribution >= 4 is 6.08 Å². The standard InChI is InChI=1S/C8H10N2/c1-4-8-6(2)5-7(3)9-10-8/h4-5H,1H2,2-3H3. The molecule has 0 fully saturated rings. The molecule has 0 aromatic carbocycles. The lowest BCUT2D eigenvalue weighted by Gasteiger charge is -1.96. The maximum Gasteiger partial charge on any atom is 0.0880 e. The third kappa shape index (κ3) is 1.21. The summed E-state index contributed by atoms with van der Waals surface area (Å²) in [7, 11) is 0. The van der Waals surface area contributed by atoms with Gasteiger partial charge < -0.3 is 0 Å². The van der Waals surface area contributed by atoms with Crippen molar-refractivity contribution in [2.45, 2.75) is 13.8 Å². The topological polar surface area (TPSA) is 25.8 Å². The second-order valence-electron chi connectivity index (χ2n) is 2.26. The molecule has 0 spiro atoms.